The molecule has 0 saturated heterocycles. The van der Waals surface area contributed by atoms with Crippen molar-refractivity contribution in [3.63, 3.8) is 0 Å². The summed E-state index contributed by atoms with van der Waals surface area (Å²) in [6, 6.07) is 17.7. The minimum Gasteiger partial charge on any atom is -0.380 e. The molecule has 0 saturated carbocycles. The molecule has 6 heteroatoms. The normalized spacial score (nSPS) is 10.6. The molecule has 0 aliphatic rings. The molecule has 3 rings (SSSR count). The zero-order valence-electron chi connectivity index (χ0n) is 15.6. The summed E-state index contributed by atoms with van der Waals surface area (Å²) in [5.41, 5.74) is 4.09. The van der Waals surface area contributed by atoms with Crippen LogP contribution in [-0.4, -0.2) is 34.9 Å². The highest BCUT2D eigenvalue weighted by Gasteiger charge is 2.11. The van der Waals surface area contributed by atoms with Crippen molar-refractivity contribution in [3.05, 3.63) is 83.7 Å². The van der Waals surface area contributed by atoms with Crippen LogP contribution < -0.4 is 5.32 Å². The number of urea groups is 1. The van der Waals surface area contributed by atoms with Crippen molar-refractivity contribution in [2.24, 2.45) is 0 Å². The molecule has 0 spiro atoms. The molecule has 0 aliphatic heterocycles. The zero-order valence-corrected chi connectivity index (χ0v) is 15.6. The lowest BCUT2D eigenvalue weighted by Crippen LogP contribution is -2.36. The summed E-state index contributed by atoms with van der Waals surface area (Å²) in [5, 5.41) is 7.33. The minimum absolute atomic E-state index is 0.130. The average Bonchev–Trinajstić information content (AvgIpc) is 3.16. The van der Waals surface area contributed by atoms with Gasteiger partial charge in [0.05, 0.1) is 25.0 Å². The number of aromatic nitrogens is 2. The van der Waals surface area contributed by atoms with Crippen molar-refractivity contribution in [3.8, 4) is 5.69 Å². The number of hydrogen-bond donors (Lipinski definition) is 1. The van der Waals surface area contributed by atoms with Crippen LogP contribution in [-0.2, 0) is 24.4 Å². The number of amides is 2. The molecular formula is C21H24N4O2. The van der Waals surface area contributed by atoms with Gasteiger partial charge in [-0.2, -0.15) is 5.10 Å². The van der Waals surface area contributed by atoms with E-state index in [0.717, 1.165) is 22.4 Å². The van der Waals surface area contributed by atoms with Crippen LogP contribution in [0.2, 0.25) is 0 Å². The maximum atomic E-state index is 12.4. The number of nitrogens with zero attached hydrogens (tertiary/aromatic N) is 3. The van der Waals surface area contributed by atoms with E-state index in [0.29, 0.717) is 19.7 Å². The first-order chi connectivity index (χ1) is 13.2. The van der Waals surface area contributed by atoms with Crippen molar-refractivity contribution < 1.29 is 9.53 Å². The van der Waals surface area contributed by atoms with Crippen LogP contribution in [0.15, 0.2) is 67.0 Å². The van der Waals surface area contributed by atoms with Gasteiger partial charge >= 0.3 is 6.03 Å². The molecule has 2 aromatic carbocycles. The summed E-state index contributed by atoms with van der Waals surface area (Å²) in [7, 11) is 3.44. The molecule has 0 radical (unpaired) electrons. The standard InChI is InChI=1S/C21H24N4O2/c1-24(14-17-12-23-25(15-17)20-10-4-3-5-11-20)21(26)22-13-18-8-6-7-9-19(18)16-27-2/h3-12,15H,13-14,16H2,1-2H3,(H,22,26). The fraction of sp³-hybridized carbons (Fsp3) is 0.238. The van der Waals surface area contributed by atoms with Gasteiger partial charge in [0.2, 0.25) is 0 Å². The fourth-order valence-corrected chi connectivity index (χ4v) is 2.84. The van der Waals surface area contributed by atoms with E-state index < -0.39 is 0 Å². The molecule has 0 atom stereocenters. The van der Waals surface area contributed by atoms with Gasteiger partial charge in [-0.25, -0.2) is 9.48 Å². The molecule has 3 aromatic rings. The van der Waals surface area contributed by atoms with Gasteiger partial charge in [0.1, 0.15) is 0 Å². The summed E-state index contributed by atoms with van der Waals surface area (Å²) >= 11 is 0. The molecule has 0 unspecified atom stereocenters. The number of ether oxygens (including phenoxy) is 1. The lowest BCUT2D eigenvalue weighted by atomic mass is 10.1. The van der Waals surface area contributed by atoms with Crippen molar-refractivity contribution in [1.82, 2.24) is 20.0 Å². The molecule has 6 nitrogen and oxygen atoms in total. The SMILES string of the molecule is COCc1ccccc1CNC(=O)N(C)Cc1cnn(-c2ccccc2)c1. The van der Waals surface area contributed by atoms with Crippen LogP contribution in [0.5, 0.6) is 0 Å². The number of carbonyl (C=O) groups is 1. The Balaban J connectivity index is 1.56. The summed E-state index contributed by atoms with van der Waals surface area (Å²) in [5.74, 6) is 0. The molecule has 27 heavy (non-hydrogen) atoms. The van der Waals surface area contributed by atoms with Gasteiger partial charge in [-0.05, 0) is 23.3 Å². The third kappa shape index (κ3) is 4.95. The largest absolute Gasteiger partial charge is 0.380 e. The Hall–Kier alpha value is -3.12. The Morgan fingerprint density at radius 2 is 1.81 bits per heavy atom. The highest BCUT2D eigenvalue weighted by molar-refractivity contribution is 5.73. The van der Waals surface area contributed by atoms with Crippen molar-refractivity contribution in [2.75, 3.05) is 14.2 Å². The van der Waals surface area contributed by atoms with Crippen molar-refractivity contribution in [2.45, 2.75) is 19.7 Å². The molecule has 1 heterocycles. The van der Waals surface area contributed by atoms with Crippen LogP contribution in [0.4, 0.5) is 4.79 Å². The van der Waals surface area contributed by atoms with E-state index in [1.54, 1.807) is 25.3 Å². The Kier molecular flexibility index (Phi) is 6.22. The van der Waals surface area contributed by atoms with E-state index in [2.05, 4.69) is 10.4 Å². The highest BCUT2D eigenvalue weighted by Crippen LogP contribution is 2.11. The van der Waals surface area contributed by atoms with E-state index in [1.165, 1.54) is 0 Å². The van der Waals surface area contributed by atoms with Crippen LogP contribution in [0, 0.1) is 0 Å². The number of methoxy groups -OCH3 is 1. The van der Waals surface area contributed by atoms with E-state index in [9.17, 15) is 4.79 Å². The van der Waals surface area contributed by atoms with Gasteiger partial charge < -0.3 is 15.0 Å². The maximum Gasteiger partial charge on any atom is 0.317 e. The van der Waals surface area contributed by atoms with E-state index in [4.69, 9.17) is 4.74 Å². The Morgan fingerprint density at radius 3 is 2.56 bits per heavy atom. The van der Waals surface area contributed by atoms with Gasteiger partial charge in [-0.3, -0.25) is 0 Å². The first-order valence-corrected chi connectivity index (χ1v) is 8.81. The lowest BCUT2D eigenvalue weighted by molar-refractivity contribution is 0.183. The minimum atomic E-state index is -0.130. The molecule has 0 fully saturated rings. The zero-order chi connectivity index (χ0) is 19.1. The quantitative estimate of drug-likeness (QED) is 0.699. The molecular weight excluding hydrogens is 340 g/mol. The molecule has 2 amide bonds. The topological polar surface area (TPSA) is 59.4 Å². The number of rotatable bonds is 7. The highest BCUT2D eigenvalue weighted by atomic mass is 16.5. The summed E-state index contributed by atoms with van der Waals surface area (Å²) < 4.78 is 7.02. The van der Waals surface area contributed by atoms with Gasteiger partial charge in [0, 0.05) is 32.5 Å². The third-order valence-corrected chi connectivity index (χ3v) is 4.27. The fourth-order valence-electron chi connectivity index (χ4n) is 2.84. The van der Waals surface area contributed by atoms with Gasteiger partial charge in [0.15, 0.2) is 0 Å². The van der Waals surface area contributed by atoms with Crippen molar-refractivity contribution in [1.29, 1.82) is 0 Å². The predicted molar refractivity (Wildman–Crippen MR) is 104 cm³/mol. The smallest absolute Gasteiger partial charge is 0.317 e. The van der Waals surface area contributed by atoms with Gasteiger partial charge in [-0.15, -0.1) is 0 Å². The van der Waals surface area contributed by atoms with E-state index >= 15 is 0 Å². The van der Waals surface area contributed by atoms with Crippen LogP contribution >= 0.6 is 0 Å². The Bertz CT molecular complexity index is 877. The predicted octanol–water partition coefficient (Wildman–Crippen LogP) is 3.36. The number of benzene rings is 2. The van der Waals surface area contributed by atoms with Gasteiger partial charge in [0.25, 0.3) is 0 Å². The number of nitrogens with one attached hydrogen (secondary N) is 1. The average molecular weight is 364 g/mol. The monoisotopic (exact) mass is 364 g/mol. The van der Waals surface area contributed by atoms with E-state index in [1.807, 2.05) is 65.5 Å². The van der Waals surface area contributed by atoms with E-state index in [-0.39, 0.29) is 6.03 Å². The molecule has 0 aliphatic carbocycles. The first kappa shape index (κ1) is 18.7. The summed E-state index contributed by atoms with van der Waals surface area (Å²) in [6.45, 7) is 1.48. The summed E-state index contributed by atoms with van der Waals surface area (Å²) in [6.07, 6.45) is 3.72. The van der Waals surface area contributed by atoms with Crippen LogP contribution in [0.3, 0.4) is 0 Å². The molecule has 1 aromatic heterocycles. The second-order valence-electron chi connectivity index (χ2n) is 6.35. The molecule has 0 bridgehead atoms. The number of carbonyl (C=O) groups excluding carboxylic acids is 1. The van der Waals surface area contributed by atoms with Gasteiger partial charge in [-0.1, -0.05) is 42.5 Å². The lowest BCUT2D eigenvalue weighted by Gasteiger charge is -2.18. The summed E-state index contributed by atoms with van der Waals surface area (Å²) in [4.78, 5) is 14.1. The second-order valence-corrected chi connectivity index (χ2v) is 6.35. The molecule has 1 N–H and O–H groups in total. The Morgan fingerprint density at radius 1 is 1.11 bits per heavy atom. The third-order valence-electron chi connectivity index (χ3n) is 4.27. The number of hydrogen-bond acceptors (Lipinski definition) is 3. The maximum absolute atomic E-state index is 12.4. The van der Waals surface area contributed by atoms with Crippen molar-refractivity contribution >= 4 is 6.03 Å². The number of para-hydroxylation sites is 1. The first-order valence-electron chi connectivity index (χ1n) is 8.81. The van der Waals surface area contributed by atoms with Crippen LogP contribution in [0.25, 0.3) is 5.69 Å². The Labute approximate surface area is 159 Å². The molecule has 140 valence electrons. The van der Waals surface area contributed by atoms with Crippen LogP contribution in [0.1, 0.15) is 16.7 Å². The second kappa shape index (κ2) is 9.00.